The molecule has 0 unspecified atom stereocenters. The zero-order chi connectivity index (χ0) is 15.2. The normalized spacial score (nSPS) is 14.0. The highest BCUT2D eigenvalue weighted by molar-refractivity contribution is 5.96. The van der Waals surface area contributed by atoms with Gasteiger partial charge in [-0.15, -0.1) is 0 Å². The zero-order valence-corrected chi connectivity index (χ0v) is 12.3. The van der Waals surface area contributed by atoms with Crippen molar-refractivity contribution in [2.45, 2.75) is 18.9 Å². The molecule has 1 aromatic rings. The van der Waals surface area contributed by atoms with Crippen LogP contribution in [0.5, 0.6) is 0 Å². The molecule has 0 heterocycles. The van der Waals surface area contributed by atoms with Gasteiger partial charge in [0.25, 0.3) is 5.91 Å². The molecule has 21 heavy (non-hydrogen) atoms. The van der Waals surface area contributed by atoms with Gasteiger partial charge in [0.1, 0.15) is 0 Å². The van der Waals surface area contributed by atoms with E-state index in [-0.39, 0.29) is 18.4 Å². The van der Waals surface area contributed by atoms with Crippen molar-refractivity contribution < 1.29 is 9.59 Å². The van der Waals surface area contributed by atoms with Crippen LogP contribution in [0.4, 0.5) is 5.69 Å². The van der Waals surface area contributed by atoms with Gasteiger partial charge < -0.3 is 21.3 Å². The lowest BCUT2D eigenvalue weighted by atomic mass is 10.2. The Hall–Kier alpha value is -2.08. The number of carbonyl (C=O) groups is 2. The van der Waals surface area contributed by atoms with E-state index in [1.54, 1.807) is 24.3 Å². The largest absolute Gasteiger partial charge is 0.399 e. The first-order valence-corrected chi connectivity index (χ1v) is 7.17. The maximum atomic E-state index is 11.8. The van der Waals surface area contributed by atoms with Crippen LogP contribution in [0.25, 0.3) is 0 Å². The van der Waals surface area contributed by atoms with Crippen molar-refractivity contribution in [3.63, 3.8) is 0 Å². The fourth-order valence-corrected chi connectivity index (χ4v) is 2.03. The van der Waals surface area contributed by atoms with Crippen LogP contribution in [-0.4, -0.2) is 49.4 Å². The van der Waals surface area contributed by atoms with E-state index in [2.05, 4.69) is 22.6 Å². The molecular formula is C15H22N4O2. The van der Waals surface area contributed by atoms with Crippen molar-refractivity contribution in [1.29, 1.82) is 0 Å². The van der Waals surface area contributed by atoms with Crippen molar-refractivity contribution >= 4 is 17.5 Å². The van der Waals surface area contributed by atoms with E-state index in [1.165, 1.54) is 12.8 Å². The Morgan fingerprint density at radius 1 is 1.24 bits per heavy atom. The number of rotatable bonds is 7. The van der Waals surface area contributed by atoms with Crippen LogP contribution < -0.4 is 16.4 Å². The van der Waals surface area contributed by atoms with Gasteiger partial charge in [-0.2, -0.15) is 0 Å². The molecule has 6 nitrogen and oxygen atoms in total. The number of nitrogens with one attached hydrogen (secondary N) is 2. The fourth-order valence-electron chi connectivity index (χ4n) is 2.03. The molecule has 1 aliphatic carbocycles. The van der Waals surface area contributed by atoms with Gasteiger partial charge >= 0.3 is 0 Å². The van der Waals surface area contributed by atoms with Gasteiger partial charge in [0, 0.05) is 30.4 Å². The molecule has 1 saturated carbocycles. The molecule has 2 amide bonds. The van der Waals surface area contributed by atoms with Gasteiger partial charge in [-0.3, -0.25) is 9.59 Å². The summed E-state index contributed by atoms with van der Waals surface area (Å²) >= 11 is 0. The minimum atomic E-state index is -0.278. The Morgan fingerprint density at radius 3 is 2.52 bits per heavy atom. The average molecular weight is 290 g/mol. The maximum absolute atomic E-state index is 11.8. The van der Waals surface area contributed by atoms with Gasteiger partial charge in [-0.25, -0.2) is 0 Å². The minimum Gasteiger partial charge on any atom is -0.399 e. The predicted octanol–water partition coefficient (Wildman–Crippen LogP) is 0.209. The van der Waals surface area contributed by atoms with Crippen LogP contribution in [0, 0.1) is 0 Å². The molecule has 4 N–H and O–H groups in total. The second kappa shape index (κ2) is 7.08. The summed E-state index contributed by atoms with van der Waals surface area (Å²) < 4.78 is 0. The van der Waals surface area contributed by atoms with Gasteiger partial charge in [0.2, 0.25) is 5.91 Å². The van der Waals surface area contributed by atoms with Crippen LogP contribution in [0.15, 0.2) is 24.3 Å². The molecule has 6 heteroatoms. The summed E-state index contributed by atoms with van der Waals surface area (Å²) in [6.45, 7) is 1.42. The van der Waals surface area contributed by atoms with E-state index < -0.39 is 0 Å². The number of amides is 2. The van der Waals surface area contributed by atoms with Crippen LogP contribution in [-0.2, 0) is 4.79 Å². The second-order valence-electron chi connectivity index (χ2n) is 5.37. The number of benzene rings is 1. The average Bonchev–Trinajstić information content (AvgIpc) is 3.30. The number of anilines is 1. The summed E-state index contributed by atoms with van der Waals surface area (Å²) in [7, 11) is 2.06. The molecule has 0 spiro atoms. The van der Waals surface area contributed by atoms with E-state index in [0.717, 1.165) is 6.54 Å². The highest BCUT2D eigenvalue weighted by atomic mass is 16.2. The Morgan fingerprint density at radius 2 is 1.90 bits per heavy atom. The maximum Gasteiger partial charge on any atom is 0.251 e. The lowest BCUT2D eigenvalue weighted by Gasteiger charge is -2.15. The lowest BCUT2D eigenvalue weighted by Crippen LogP contribution is -2.40. The third-order valence-electron chi connectivity index (χ3n) is 3.54. The first-order valence-electron chi connectivity index (χ1n) is 7.17. The van der Waals surface area contributed by atoms with Crippen LogP contribution in [0.1, 0.15) is 23.2 Å². The number of hydrogen-bond acceptors (Lipinski definition) is 4. The van der Waals surface area contributed by atoms with Gasteiger partial charge in [-0.1, -0.05) is 0 Å². The number of likely N-dealkylation sites (N-methyl/N-ethyl adjacent to an activating group) is 1. The number of hydrogen-bond donors (Lipinski definition) is 3. The van der Waals surface area contributed by atoms with Crippen molar-refractivity contribution in [3.05, 3.63) is 29.8 Å². The summed E-state index contributed by atoms with van der Waals surface area (Å²) in [5.41, 5.74) is 6.65. The van der Waals surface area contributed by atoms with Crippen molar-refractivity contribution in [1.82, 2.24) is 15.5 Å². The third-order valence-corrected chi connectivity index (χ3v) is 3.54. The van der Waals surface area contributed by atoms with Crippen molar-refractivity contribution in [3.8, 4) is 0 Å². The SMILES string of the molecule is CN(CCNC(=O)CNC(=O)c1ccc(N)cc1)C1CC1. The van der Waals surface area contributed by atoms with Crippen LogP contribution in [0.2, 0.25) is 0 Å². The summed E-state index contributed by atoms with van der Waals surface area (Å²) in [6, 6.07) is 7.26. The molecule has 1 aromatic carbocycles. The molecule has 1 fully saturated rings. The van der Waals surface area contributed by atoms with Crippen molar-refractivity contribution in [2.75, 3.05) is 32.4 Å². The summed E-state index contributed by atoms with van der Waals surface area (Å²) in [5.74, 6) is -0.455. The molecule has 114 valence electrons. The summed E-state index contributed by atoms with van der Waals surface area (Å²) in [4.78, 5) is 25.7. The smallest absolute Gasteiger partial charge is 0.251 e. The monoisotopic (exact) mass is 290 g/mol. The molecule has 0 aliphatic heterocycles. The van der Waals surface area contributed by atoms with E-state index >= 15 is 0 Å². The van der Waals surface area contributed by atoms with Gasteiger partial charge in [0.05, 0.1) is 6.54 Å². The second-order valence-corrected chi connectivity index (χ2v) is 5.37. The Labute approximate surface area is 124 Å². The van der Waals surface area contributed by atoms with Crippen LogP contribution in [0.3, 0.4) is 0 Å². The Bertz CT molecular complexity index is 497. The summed E-state index contributed by atoms with van der Waals surface area (Å²) in [6.07, 6.45) is 2.50. The van der Waals surface area contributed by atoms with Gasteiger partial charge in [0.15, 0.2) is 0 Å². The van der Waals surface area contributed by atoms with E-state index in [9.17, 15) is 9.59 Å². The number of carbonyl (C=O) groups excluding carboxylic acids is 2. The predicted molar refractivity (Wildman–Crippen MR) is 81.8 cm³/mol. The molecule has 0 radical (unpaired) electrons. The third kappa shape index (κ3) is 5.07. The quantitative estimate of drug-likeness (QED) is 0.626. The molecule has 0 aromatic heterocycles. The molecule has 0 saturated heterocycles. The minimum absolute atomic E-state index is 0.0175. The Kier molecular flexibility index (Phi) is 5.16. The lowest BCUT2D eigenvalue weighted by molar-refractivity contribution is -0.120. The summed E-state index contributed by atoms with van der Waals surface area (Å²) in [5, 5.41) is 5.38. The molecule has 0 bridgehead atoms. The van der Waals surface area contributed by atoms with E-state index in [1.807, 2.05) is 0 Å². The molecule has 2 rings (SSSR count). The molecular weight excluding hydrogens is 268 g/mol. The topological polar surface area (TPSA) is 87.5 Å². The van der Waals surface area contributed by atoms with Gasteiger partial charge in [-0.05, 0) is 44.2 Å². The first-order chi connectivity index (χ1) is 10.1. The highest BCUT2D eigenvalue weighted by Gasteiger charge is 2.25. The molecule has 1 aliphatic rings. The number of nitrogens with zero attached hydrogens (tertiary/aromatic N) is 1. The van der Waals surface area contributed by atoms with E-state index in [4.69, 9.17) is 5.73 Å². The zero-order valence-electron chi connectivity index (χ0n) is 12.3. The number of nitrogen functional groups attached to an aromatic ring is 1. The van der Waals surface area contributed by atoms with Crippen molar-refractivity contribution in [2.24, 2.45) is 0 Å². The fraction of sp³-hybridized carbons (Fsp3) is 0.467. The molecule has 0 atom stereocenters. The van der Waals surface area contributed by atoms with E-state index in [0.29, 0.717) is 23.8 Å². The Balaban J connectivity index is 1.63. The van der Waals surface area contributed by atoms with Crippen LogP contribution >= 0.6 is 0 Å². The first kappa shape index (κ1) is 15.3. The highest BCUT2D eigenvalue weighted by Crippen LogP contribution is 2.24. The standard InChI is InChI=1S/C15H22N4O2/c1-19(13-6-7-13)9-8-17-14(20)10-18-15(21)11-2-4-12(16)5-3-11/h2-5,13H,6-10,16H2,1H3,(H,17,20)(H,18,21). The number of nitrogens with two attached hydrogens (primary N) is 1.